The molecule has 2 N–H and O–H groups in total. The van der Waals surface area contributed by atoms with Crippen molar-refractivity contribution in [2.75, 3.05) is 0 Å². The molecular weight excluding hydrogens is 224 g/mol. The molecule has 0 aromatic heterocycles. The van der Waals surface area contributed by atoms with Crippen molar-refractivity contribution in [1.29, 1.82) is 0 Å². The maximum atomic E-state index is 5.91. The summed E-state index contributed by atoms with van der Waals surface area (Å²) in [4.78, 5) is 4.35. The maximum Gasteiger partial charge on any atom is 0.187 e. The average Bonchev–Trinajstić information content (AvgIpc) is 2.25. The van der Waals surface area contributed by atoms with Crippen molar-refractivity contribution in [2.45, 2.75) is 71.9 Å². The van der Waals surface area contributed by atoms with Crippen LogP contribution in [0.15, 0.2) is 17.3 Å². The van der Waals surface area contributed by atoms with E-state index < -0.39 is 0 Å². The standard InChI is InChI=1S/C15H28N2O/c1-5-7-8-17-14(6-2)18-12(3)9-15(4)10-13(16)11-15/h7-8,12-13H,5-6,9-11,16H2,1-4H3/b8-7-,17-14?. The number of ether oxygens (including phenoxy) is 1. The summed E-state index contributed by atoms with van der Waals surface area (Å²) < 4.78 is 5.91. The summed E-state index contributed by atoms with van der Waals surface area (Å²) in [7, 11) is 0. The minimum Gasteiger partial charge on any atom is -0.478 e. The topological polar surface area (TPSA) is 47.6 Å². The van der Waals surface area contributed by atoms with Crippen molar-refractivity contribution in [3.8, 4) is 0 Å². The van der Waals surface area contributed by atoms with Gasteiger partial charge in [0.05, 0.1) is 6.10 Å². The maximum absolute atomic E-state index is 5.91. The normalized spacial score (nSPS) is 30.3. The molecule has 0 aliphatic heterocycles. The molecule has 0 spiro atoms. The van der Waals surface area contributed by atoms with Gasteiger partial charge in [-0.15, -0.1) is 0 Å². The van der Waals surface area contributed by atoms with Gasteiger partial charge in [0.2, 0.25) is 0 Å². The Morgan fingerprint density at radius 2 is 2.17 bits per heavy atom. The van der Waals surface area contributed by atoms with Crippen LogP contribution in [0.1, 0.15) is 59.8 Å². The number of nitrogens with two attached hydrogens (primary N) is 1. The number of hydrogen-bond donors (Lipinski definition) is 1. The van der Waals surface area contributed by atoms with Crippen LogP contribution < -0.4 is 5.73 Å². The summed E-state index contributed by atoms with van der Waals surface area (Å²) >= 11 is 0. The molecule has 1 aliphatic rings. The Morgan fingerprint density at radius 1 is 1.50 bits per heavy atom. The van der Waals surface area contributed by atoms with Gasteiger partial charge >= 0.3 is 0 Å². The fourth-order valence-corrected chi connectivity index (χ4v) is 2.79. The van der Waals surface area contributed by atoms with E-state index in [1.54, 1.807) is 0 Å². The molecule has 1 aliphatic carbocycles. The zero-order valence-electron chi connectivity index (χ0n) is 12.3. The molecule has 1 atom stereocenters. The van der Waals surface area contributed by atoms with Gasteiger partial charge in [0.25, 0.3) is 0 Å². The molecular formula is C15H28N2O. The van der Waals surface area contributed by atoms with E-state index in [0.29, 0.717) is 11.5 Å². The predicted octanol–water partition coefficient (Wildman–Crippen LogP) is 3.64. The van der Waals surface area contributed by atoms with Crippen LogP contribution in [-0.2, 0) is 4.74 Å². The third-order valence-electron chi connectivity index (χ3n) is 3.49. The molecule has 104 valence electrons. The van der Waals surface area contributed by atoms with E-state index in [1.807, 2.05) is 12.3 Å². The lowest BCUT2D eigenvalue weighted by atomic mass is 9.64. The first kappa shape index (κ1) is 15.2. The van der Waals surface area contributed by atoms with E-state index >= 15 is 0 Å². The summed E-state index contributed by atoms with van der Waals surface area (Å²) in [5.74, 6) is 0.833. The van der Waals surface area contributed by atoms with Gasteiger partial charge in [0.15, 0.2) is 5.90 Å². The van der Waals surface area contributed by atoms with Crippen LogP contribution in [0.5, 0.6) is 0 Å². The third kappa shape index (κ3) is 4.81. The molecule has 3 heteroatoms. The first-order valence-electron chi connectivity index (χ1n) is 7.13. The highest BCUT2D eigenvalue weighted by Gasteiger charge is 2.39. The van der Waals surface area contributed by atoms with E-state index in [9.17, 15) is 0 Å². The quantitative estimate of drug-likeness (QED) is 0.579. The number of nitrogens with zero attached hydrogens (tertiary/aromatic N) is 1. The summed E-state index contributed by atoms with van der Waals surface area (Å²) in [6.45, 7) is 8.61. The van der Waals surface area contributed by atoms with E-state index in [1.165, 1.54) is 0 Å². The van der Waals surface area contributed by atoms with Gasteiger partial charge in [-0.3, -0.25) is 0 Å². The first-order chi connectivity index (χ1) is 8.49. The number of allylic oxidation sites excluding steroid dienone is 1. The highest BCUT2D eigenvalue weighted by atomic mass is 16.5. The minimum atomic E-state index is 0.219. The molecule has 18 heavy (non-hydrogen) atoms. The van der Waals surface area contributed by atoms with Crippen LogP contribution in [0, 0.1) is 5.41 Å². The van der Waals surface area contributed by atoms with Gasteiger partial charge in [-0.1, -0.05) is 26.8 Å². The van der Waals surface area contributed by atoms with E-state index in [4.69, 9.17) is 10.5 Å². The first-order valence-corrected chi connectivity index (χ1v) is 7.13. The van der Waals surface area contributed by atoms with Crippen molar-refractivity contribution in [3.63, 3.8) is 0 Å². The molecule has 0 bridgehead atoms. The lowest BCUT2D eigenvalue weighted by Gasteiger charge is -2.44. The lowest BCUT2D eigenvalue weighted by Crippen LogP contribution is -2.45. The Morgan fingerprint density at radius 3 is 2.67 bits per heavy atom. The summed E-state index contributed by atoms with van der Waals surface area (Å²) in [5, 5.41) is 0. The molecule has 0 amide bonds. The SMILES string of the molecule is CC/C=C\N=C(CC)OC(C)CC1(C)CC(N)C1. The molecule has 0 saturated heterocycles. The lowest BCUT2D eigenvalue weighted by molar-refractivity contribution is 0.0544. The molecule has 0 aromatic rings. The van der Waals surface area contributed by atoms with E-state index in [2.05, 4.69) is 32.7 Å². The van der Waals surface area contributed by atoms with Gasteiger partial charge in [-0.2, -0.15) is 0 Å². The van der Waals surface area contributed by atoms with Crippen molar-refractivity contribution in [3.05, 3.63) is 12.3 Å². The van der Waals surface area contributed by atoms with E-state index in [-0.39, 0.29) is 6.10 Å². The Kier molecular flexibility index (Phi) is 5.86. The van der Waals surface area contributed by atoms with Crippen molar-refractivity contribution in [2.24, 2.45) is 16.1 Å². The van der Waals surface area contributed by atoms with Gasteiger partial charge < -0.3 is 10.5 Å². The molecule has 1 rings (SSSR count). The van der Waals surface area contributed by atoms with Crippen LogP contribution in [-0.4, -0.2) is 18.0 Å². The van der Waals surface area contributed by atoms with Crippen LogP contribution in [0.4, 0.5) is 0 Å². The zero-order valence-corrected chi connectivity index (χ0v) is 12.3. The van der Waals surface area contributed by atoms with Crippen molar-refractivity contribution >= 4 is 5.90 Å². The number of rotatable bonds is 6. The molecule has 1 fully saturated rings. The minimum absolute atomic E-state index is 0.219. The van der Waals surface area contributed by atoms with Crippen LogP contribution >= 0.6 is 0 Å². The van der Waals surface area contributed by atoms with Crippen LogP contribution in [0.3, 0.4) is 0 Å². The second kappa shape index (κ2) is 6.93. The summed E-state index contributed by atoms with van der Waals surface area (Å²) in [6.07, 6.45) is 9.25. The monoisotopic (exact) mass is 252 g/mol. The van der Waals surface area contributed by atoms with Crippen molar-refractivity contribution < 1.29 is 4.74 Å². The average molecular weight is 252 g/mol. The molecule has 3 nitrogen and oxygen atoms in total. The largest absolute Gasteiger partial charge is 0.478 e. The van der Waals surface area contributed by atoms with Crippen molar-refractivity contribution in [1.82, 2.24) is 0 Å². The Hall–Kier alpha value is -0.830. The number of hydrogen-bond acceptors (Lipinski definition) is 3. The Balaban J connectivity index is 2.40. The second-order valence-electron chi connectivity index (χ2n) is 5.78. The third-order valence-corrected chi connectivity index (χ3v) is 3.49. The van der Waals surface area contributed by atoms with Gasteiger partial charge in [0, 0.05) is 18.7 Å². The highest BCUT2D eigenvalue weighted by Crippen LogP contribution is 2.43. The van der Waals surface area contributed by atoms with Gasteiger partial charge in [-0.05, 0) is 38.0 Å². The molecule has 0 aromatic carbocycles. The van der Waals surface area contributed by atoms with Gasteiger partial charge in [0.1, 0.15) is 0 Å². The summed E-state index contributed by atoms with van der Waals surface area (Å²) in [6, 6.07) is 0.397. The number of aliphatic imine (C=N–C) groups is 1. The fourth-order valence-electron chi connectivity index (χ4n) is 2.79. The van der Waals surface area contributed by atoms with E-state index in [0.717, 1.165) is 38.0 Å². The predicted molar refractivity (Wildman–Crippen MR) is 77.6 cm³/mol. The highest BCUT2D eigenvalue weighted by molar-refractivity contribution is 5.76. The van der Waals surface area contributed by atoms with Crippen LogP contribution in [0.25, 0.3) is 0 Å². The van der Waals surface area contributed by atoms with Crippen LogP contribution in [0.2, 0.25) is 0 Å². The van der Waals surface area contributed by atoms with Gasteiger partial charge in [-0.25, -0.2) is 4.99 Å². The molecule has 0 heterocycles. The summed E-state index contributed by atoms with van der Waals surface area (Å²) in [5.41, 5.74) is 6.24. The second-order valence-corrected chi connectivity index (χ2v) is 5.78. The smallest absolute Gasteiger partial charge is 0.187 e. The zero-order chi connectivity index (χ0) is 13.6. The molecule has 0 radical (unpaired) electrons. The fraction of sp³-hybridized carbons (Fsp3) is 0.800. The Labute approximate surface area is 112 Å². The molecule has 1 saturated carbocycles. The molecule has 1 unspecified atom stereocenters. The Bertz CT molecular complexity index is 304.